The SMILES string of the molecule is CCC(CC)C(=O)/C=C(\O)C(CC)CC(F)(F)F.[2H]c1nc(-c2[c-]c(C)cc(C)c2)c2cc(C)c(C3CCCCC3)cc2c1[2H].[2H]c1nc(-c2[c-]c(C)cc(C)c2)c2cc(C)c(C3CCCCC3)cc2c1[2H].[Ir]. The minimum Gasteiger partial charge on any atom is -0.512 e. The summed E-state index contributed by atoms with van der Waals surface area (Å²) in [7, 11) is 0. The second kappa shape index (κ2) is 25.5. The smallest absolute Gasteiger partial charge is 0.389 e. The van der Waals surface area contributed by atoms with E-state index in [4.69, 9.17) is 5.48 Å². The minimum absolute atomic E-state index is 0. The normalized spacial score (nSPS) is 16.0. The van der Waals surface area contributed by atoms with Gasteiger partial charge in [-0.1, -0.05) is 111 Å². The summed E-state index contributed by atoms with van der Waals surface area (Å²) in [4.78, 5) is 20.7. The summed E-state index contributed by atoms with van der Waals surface area (Å²) in [6.45, 7) is 17.8. The molecule has 8 heteroatoms. The number of carbonyl (C=O) groups excluding carboxylic acids is 1. The predicted octanol–water partition coefficient (Wildman–Crippen LogP) is 17.8. The molecule has 1 atom stereocenters. The van der Waals surface area contributed by atoms with Gasteiger partial charge in [-0.3, -0.25) is 4.79 Å². The van der Waals surface area contributed by atoms with Crippen LogP contribution in [0.5, 0.6) is 0 Å². The van der Waals surface area contributed by atoms with Crippen molar-refractivity contribution in [2.24, 2.45) is 11.8 Å². The Morgan fingerprint density at radius 1 is 0.667 bits per heavy atom. The third kappa shape index (κ3) is 14.9. The van der Waals surface area contributed by atoms with Crippen LogP contribution in [0.15, 0.2) is 84.8 Å². The maximum absolute atomic E-state index is 12.3. The minimum atomic E-state index is -4.33. The summed E-state index contributed by atoms with van der Waals surface area (Å²) >= 11 is 0. The maximum atomic E-state index is 12.3. The fraction of sp³-hybridized carbons (Fsp3) is 0.459. The van der Waals surface area contributed by atoms with Crippen molar-refractivity contribution in [3.05, 3.63) is 141 Å². The van der Waals surface area contributed by atoms with E-state index in [2.05, 4.69) is 98.3 Å². The van der Waals surface area contributed by atoms with Crippen molar-refractivity contribution >= 4 is 27.3 Å². The Kier molecular flexibility index (Phi) is 18.2. The number of carbonyl (C=O) groups is 1. The van der Waals surface area contributed by atoms with E-state index in [1.54, 1.807) is 6.92 Å². The molecule has 0 bridgehead atoms. The molecule has 2 heterocycles. The zero-order chi connectivity index (χ0) is 52.6. The molecule has 1 unspecified atom stereocenters. The Hall–Kier alpha value is -4.65. The van der Waals surface area contributed by atoms with Crippen molar-refractivity contribution in [3.8, 4) is 22.5 Å². The Morgan fingerprint density at radius 3 is 1.43 bits per heavy atom. The number of hydrogen-bond donors (Lipinski definition) is 1. The molecule has 8 rings (SSSR count). The van der Waals surface area contributed by atoms with Crippen molar-refractivity contribution in [1.82, 2.24) is 9.97 Å². The van der Waals surface area contributed by atoms with E-state index in [-0.39, 0.29) is 62.7 Å². The first-order valence-corrected chi connectivity index (χ1v) is 25.0. The van der Waals surface area contributed by atoms with Crippen LogP contribution in [-0.4, -0.2) is 27.0 Å². The summed E-state index contributed by atoms with van der Waals surface area (Å²) in [5.74, 6) is -0.828. The fourth-order valence-corrected chi connectivity index (χ4v) is 10.4. The van der Waals surface area contributed by atoms with Gasteiger partial charge in [0.15, 0.2) is 5.78 Å². The van der Waals surface area contributed by atoms with E-state index >= 15 is 0 Å². The topological polar surface area (TPSA) is 63.1 Å². The van der Waals surface area contributed by atoms with Crippen LogP contribution in [0.2, 0.25) is 0 Å². The molecular formula is C61H73F3IrN2O2-2. The van der Waals surface area contributed by atoms with Gasteiger partial charge in [-0.25, -0.2) is 0 Å². The summed E-state index contributed by atoms with van der Waals surface area (Å²) in [6.07, 6.45) is 9.78. The molecule has 2 aliphatic carbocycles. The van der Waals surface area contributed by atoms with Gasteiger partial charge >= 0.3 is 6.18 Å². The standard InChI is InChI=1S/2C24H26N.C13H21F3O2.Ir/c2*1-16-11-17(2)13-21(12-16)24-23-14-18(3)22(15-20(23)9-10-25-24)19-7-5-4-6-8-19;1-4-9(5-2)11(17)7-12(18)10(6-3)8-13(14,15)16;/h2*9-12,14-15,19H,4-8H2,1-3H3;7,9-10,18H,4-6,8H2,1-3H3;/q2*-1;;/b;;12-7-;/i2*9D,10D;;. The number of halogens is 3. The van der Waals surface area contributed by atoms with E-state index in [9.17, 15) is 23.1 Å². The fourth-order valence-electron chi connectivity index (χ4n) is 10.4. The molecule has 2 fully saturated rings. The predicted molar refractivity (Wildman–Crippen MR) is 276 cm³/mol. The van der Waals surface area contributed by atoms with E-state index in [1.165, 1.54) is 86.5 Å². The van der Waals surface area contributed by atoms with Crippen LogP contribution >= 0.6 is 0 Å². The van der Waals surface area contributed by atoms with Crippen molar-refractivity contribution in [1.29, 1.82) is 0 Å². The Morgan fingerprint density at radius 2 is 1.07 bits per heavy atom. The van der Waals surface area contributed by atoms with Gasteiger partial charge in [0.2, 0.25) is 0 Å². The molecule has 6 aromatic rings. The average molecular weight is 1120 g/mol. The number of ketones is 1. The van der Waals surface area contributed by atoms with Gasteiger partial charge < -0.3 is 15.1 Å². The van der Waals surface area contributed by atoms with Crippen LogP contribution in [0.1, 0.15) is 172 Å². The Bertz CT molecular complexity index is 2710. The summed E-state index contributed by atoms with van der Waals surface area (Å²) < 4.78 is 70.2. The van der Waals surface area contributed by atoms with E-state index in [0.29, 0.717) is 24.7 Å². The largest absolute Gasteiger partial charge is 0.512 e. The first-order chi connectivity index (χ1) is 34.1. The monoisotopic (exact) mass is 1120 g/mol. The van der Waals surface area contributed by atoms with Gasteiger partial charge in [-0.05, 0) is 138 Å². The van der Waals surface area contributed by atoms with Crippen LogP contribution in [0, 0.1) is 65.5 Å². The zero-order valence-electron chi connectivity index (χ0n) is 46.1. The number of hydrogen-bond acceptors (Lipinski definition) is 4. The first kappa shape index (κ1) is 49.3. The molecule has 2 aromatic heterocycles. The second-order valence-corrected chi connectivity index (χ2v) is 19.5. The molecule has 4 aromatic carbocycles. The number of fused-ring (bicyclic) bond motifs is 2. The van der Waals surface area contributed by atoms with Gasteiger partial charge in [0.1, 0.15) is 0 Å². The van der Waals surface area contributed by atoms with Crippen LogP contribution in [-0.2, 0) is 24.9 Å². The molecule has 1 radical (unpaired) electrons. The molecule has 69 heavy (non-hydrogen) atoms. The summed E-state index contributed by atoms with van der Waals surface area (Å²) in [5, 5.41) is 13.3. The van der Waals surface area contributed by atoms with Crippen molar-refractivity contribution in [2.75, 3.05) is 0 Å². The number of aryl methyl sites for hydroxylation is 6. The second-order valence-electron chi connectivity index (χ2n) is 19.5. The van der Waals surface area contributed by atoms with Crippen molar-refractivity contribution in [3.63, 3.8) is 0 Å². The number of alkyl halides is 3. The summed E-state index contributed by atoms with van der Waals surface area (Å²) in [6, 6.07) is 24.3. The number of nitrogens with zero attached hydrogens (tertiary/aromatic N) is 2. The number of aliphatic hydroxyl groups excluding tert-OH is 1. The molecule has 0 spiro atoms. The van der Waals surface area contributed by atoms with Gasteiger partial charge in [0.05, 0.1) is 17.7 Å². The molecule has 371 valence electrons. The van der Waals surface area contributed by atoms with Crippen molar-refractivity contribution < 1.29 is 48.7 Å². The molecular weight excluding hydrogens is 1040 g/mol. The van der Waals surface area contributed by atoms with E-state index in [0.717, 1.165) is 72.4 Å². The number of benzene rings is 4. The number of aliphatic hydroxyl groups is 1. The third-order valence-corrected chi connectivity index (χ3v) is 14.0. The number of aromatic nitrogens is 2. The molecule has 2 saturated carbocycles. The quantitative estimate of drug-likeness (QED) is 0.0798. The molecule has 1 N–H and O–H groups in total. The maximum Gasteiger partial charge on any atom is 0.389 e. The van der Waals surface area contributed by atoms with Crippen molar-refractivity contribution in [2.45, 2.75) is 170 Å². The molecule has 0 saturated heterocycles. The first-order valence-electron chi connectivity index (χ1n) is 27.0. The Balaban J connectivity index is 0.000000207. The molecule has 4 nitrogen and oxygen atoms in total. The van der Waals surface area contributed by atoms with Gasteiger partial charge in [0.25, 0.3) is 0 Å². The number of pyridine rings is 2. The van der Waals surface area contributed by atoms with Crippen LogP contribution in [0.25, 0.3) is 44.1 Å². The van der Waals surface area contributed by atoms with Crippen LogP contribution in [0.4, 0.5) is 13.2 Å². The van der Waals surface area contributed by atoms with Gasteiger partial charge in [-0.2, -0.15) is 13.2 Å². The van der Waals surface area contributed by atoms with Crippen LogP contribution < -0.4 is 0 Å². The molecule has 0 amide bonds. The number of allylic oxidation sites excluding steroid dienone is 2. The van der Waals surface area contributed by atoms with Gasteiger partial charge in [0, 0.05) is 50.4 Å². The van der Waals surface area contributed by atoms with E-state index < -0.39 is 24.3 Å². The number of rotatable bonds is 11. The van der Waals surface area contributed by atoms with Crippen LogP contribution in [0.3, 0.4) is 0 Å². The third-order valence-electron chi connectivity index (χ3n) is 14.0. The summed E-state index contributed by atoms with van der Waals surface area (Å²) in [5.41, 5.74) is 13.1. The van der Waals surface area contributed by atoms with E-state index in [1.807, 2.05) is 27.7 Å². The zero-order valence-corrected chi connectivity index (χ0v) is 44.5. The van der Waals surface area contributed by atoms with Gasteiger partial charge in [-0.15, -0.1) is 69.8 Å². The molecule has 2 aliphatic rings. The Labute approximate surface area is 430 Å². The molecule has 0 aliphatic heterocycles. The average Bonchev–Trinajstić information content (AvgIpc) is 3.33.